The largest absolute Gasteiger partial charge is 0.449 e. The second-order valence-corrected chi connectivity index (χ2v) is 6.24. The van der Waals surface area contributed by atoms with Crippen LogP contribution in [-0.4, -0.2) is 41.2 Å². The smallest absolute Gasteiger partial charge is 0.410 e. The Balaban J connectivity index is 2.02. The molecule has 1 aliphatic heterocycles. The zero-order chi connectivity index (χ0) is 16.7. The van der Waals surface area contributed by atoms with Crippen molar-refractivity contribution in [2.45, 2.75) is 37.5 Å². The van der Waals surface area contributed by atoms with Crippen molar-refractivity contribution < 1.29 is 14.3 Å². The third kappa shape index (κ3) is 5.04. The lowest BCUT2D eigenvalue weighted by Crippen LogP contribution is -2.40. The van der Waals surface area contributed by atoms with Gasteiger partial charge in [0.15, 0.2) is 0 Å². The Labute approximate surface area is 142 Å². The Morgan fingerprint density at radius 1 is 1.35 bits per heavy atom. The number of carbonyl (C=O) groups excluding carboxylic acids is 2. The number of hydrogen-bond donors (Lipinski definition) is 1. The highest BCUT2D eigenvalue weighted by Crippen LogP contribution is 2.23. The maximum atomic E-state index is 12.4. The first kappa shape index (κ1) is 17.4. The number of carbonyl (C=O) groups is 2. The minimum absolute atomic E-state index is 0.0267. The maximum absolute atomic E-state index is 12.4. The van der Waals surface area contributed by atoms with Gasteiger partial charge in [0.25, 0.3) is 0 Å². The molecule has 4 nitrogen and oxygen atoms in total. The predicted octanol–water partition coefficient (Wildman–Crippen LogP) is 2.92. The molecule has 2 atom stereocenters. The summed E-state index contributed by atoms with van der Waals surface area (Å²) in [7, 11) is 0. The fourth-order valence-corrected chi connectivity index (χ4v) is 2.77. The number of hydrogen-bond acceptors (Lipinski definition) is 4. The molecule has 0 radical (unpaired) electrons. The van der Waals surface area contributed by atoms with Gasteiger partial charge in [-0.15, -0.1) is 0 Å². The number of benzene rings is 1. The van der Waals surface area contributed by atoms with Crippen molar-refractivity contribution in [2.75, 3.05) is 13.2 Å². The summed E-state index contributed by atoms with van der Waals surface area (Å²) >= 11 is 4.40. The topological polar surface area (TPSA) is 46.6 Å². The van der Waals surface area contributed by atoms with E-state index in [1.807, 2.05) is 37.3 Å². The van der Waals surface area contributed by atoms with E-state index in [2.05, 4.69) is 24.5 Å². The molecular formula is C18H21NO3S. The van der Waals surface area contributed by atoms with Gasteiger partial charge in [0.05, 0.1) is 6.61 Å². The number of nitrogens with zero attached hydrogens (tertiary/aromatic N) is 1. The average Bonchev–Trinajstić information content (AvgIpc) is 2.96. The molecule has 0 spiro atoms. The van der Waals surface area contributed by atoms with Crippen molar-refractivity contribution in [3.8, 4) is 11.8 Å². The highest BCUT2D eigenvalue weighted by atomic mass is 32.1. The molecular weight excluding hydrogens is 310 g/mol. The number of ketones is 1. The Bertz CT molecular complexity index is 606. The lowest BCUT2D eigenvalue weighted by Gasteiger charge is -2.21. The summed E-state index contributed by atoms with van der Waals surface area (Å²) in [5, 5.41) is -0.0267. The zero-order valence-corrected chi connectivity index (χ0v) is 14.1. The van der Waals surface area contributed by atoms with Crippen LogP contribution < -0.4 is 0 Å². The lowest BCUT2D eigenvalue weighted by atomic mass is 10.1. The van der Waals surface area contributed by atoms with Crippen LogP contribution in [0.25, 0.3) is 0 Å². The Morgan fingerprint density at radius 3 is 2.78 bits per heavy atom. The van der Waals surface area contributed by atoms with E-state index in [0.717, 1.165) is 18.4 Å². The molecule has 0 N–H and O–H groups in total. The molecule has 0 aliphatic carbocycles. The average molecular weight is 331 g/mol. The van der Waals surface area contributed by atoms with Crippen LogP contribution in [0.3, 0.4) is 0 Å². The predicted molar refractivity (Wildman–Crippen MR) is 92.5 cm³/mol. The zero-order valence-electron chi connectivity index (χ0n) is 13.2. The summed E-state index contributed by atoms with van der Waals surface area (Å²) in [6.45, 7) is 2.82. The fourth-order valence-electron chi connectivity index (χ4n) is 2.39. The van der Waals surface area contributed by atoms with Crippen molar-refractivity contribution >= 4 is 24.5 Å². The van der Waals surface area contributed by atoms with Gasteiger partial charge in [-0.3, -0.25) is 9.69 Å². The number of thiol groups is 1. The van der Waals surface area contributed by atoms with Gasteiger partial charge in [-0.2, -0.15) is 12.6 Å². The van der Waals surface area contributed by atoms with E-state index >= 15 is 0 Å². The van der Waals surface area contributed by atoms with Gasteiger partial charge >= 0.3 is 6.09 Å². The van der Waals surface area contributed by atoms with Gasteiger partial charge < -0.3 is 4.74 Å². The van der Waals surface area contributed by atoms with Crippen LogP contribution >= 0.6 is 12.6 Å². The summed E-state index contributed by atoms with van der Waals surface area (Å²) in [6, 6.07) is 8.74. The number of ether oxygens (including phenoxy) is 1. The molecule has 0 bridgehead atoms. The van der Waals surface area contributed by atoms with E-state index < -0.39 is 12.1 Å². The Kier molecular flexibility index (Phi) is 6.54. The quantitative estimate of drug-likeness (QED) is 0.524. The van der Waals surface area contributed by atoms with Gasteiger partial charge in [0.1, 0.15) is 6.04 Å². The Morgan fingerprint density at radius 2 is 2.09 bits per heavy atom. The van der Waals surface area contributed by atoms with E-state index in [1.165, 1.54) is 4.90 Å². The minimum Gasteiger partial charge on any atom is -0.449 e. The van der Waals surface area contributed by atoms with E-state index in [1.54, 1.807) is 0 Å². The number of unbranched alkanes of at least 4 members (excludes halogenated alkanes) is 1. The lowest BCUT2D eigenvalue weighted by molar-refractivity contribution is -0.117. The number of rotatable bonds is 4. The molecule has 2 rings (SSSR count). The van der Waals surface area contributed by atoms with E-state index in [9.17, 15) is 9.59 Å². The van der Waals surface area contributed by atoms with Crippen molar-refractivity contribution in [3.63, 3.8) is 0 Å². The fraction of sp³-hybridized carbons (Fsp3) is 0.444. The molecule has 0 unspecified atom stereocenters. The SMILES string of the molecule is CCCCOC(=O)N1C[C@H](S)C[C@H]1C(=O)C#Cc1ccccc1. The second kappa shape index (κ2) is 8.64. The van der Waals surface area contributed by atoms with Gasteiger partial charge in [-0.05, 0) is 30.9 Å². The molecule has 0 aromatic heterocycles. The normalized spacial score (nSPS) is 19.8. The van der Waals surface area contributed by atoms with Crippen molar-refractivity contribution in [1.29, 1.82) is 0 Å². The molecule has 0 saturated carbocycles. The van der Waals surface area contributed by atoms with E-state index in [4.69, 9.17) is 4.74 Å². The van der Waals surface area contributed by atoms with Crippen molar-refractivity contribution in [1.82, 2.24) is 4.90 Å². The first-order valence-corrected chi connectivity index (χ1v) is 8.35. The highest BCUT2D eigenvalue weighted by Gasteiger charge is 2.38. The molecule has 23 heavy (non-hydrogen) atoms. The number of likely N-dealkylation sites (tertiary alicyclic amines) is 1. The van der Waals surface area contributed by atoms with Crippen molar-refractivity contribution in [2.24, 2.45) is 0 Å². The molecule has 122 valence electrons. The third-order valence-electron chi connectivity index (χ3n) is 3.64. The van der Waals surface area contributed by atoms with Crippen LogP contribution in [0.5, 0.6) is 0 Å². The first-order valence-electron chi connectivity index (χ1n) is 7.84. The van der Waals surface area contributed by atoms with Crippen LogP contribution in [-0.2, 0) is 9.53 Å². The van der Waals surface area contributed by atoms with Crippen LogP contribution in [0, 0.1) is 11.8 Å². The Hall–Kier alpha value is -1.93. The summed E-state index contributed by atoms with van der Waals surface area (Å²) in [5.74, 6) is 5.22. The van der Waals surface area contributed by atoms with Crippen LogP contribution in [0.1, 0.15) is 31.7 Å². The summed E-state index contributed by atoms with van der Waals surface area (Å²) < 4.78 is 5.21. The molecule has 1 aliphatic rings. The standard InChI is InChI=1S/C18H21NO3S/c1-2-3-11-22-18(21)19-13-15(23)12-16(19)17(20)10-9-14-7-5-4-6-8-14/h4-8,15-16,23H,2-3,11-13H2,1H3/t15-,16+/m1/s1. The van der Waals surface area contributed by atoms with Gasteiger partial charge in [0.2, 0.25) is 5.78 Å². The summed E-state index contributed by atoms with van der Waals surface area (Å²) in [6.07, 6.45) is 1.83. The molecule has 1 saturated heterocycles. The van der Waals surface area contributed by atoms with Crippen LogP contribution in [0.2, 0.25) is 0 Å². The third-order valence-corrected chi connectivity index (χ3v) is 4.02. The van der Waals surface area contributed by atoms with Gasteiger partial charge in [-0.25, -0.2) is 4.79 Å². The molecule has 1 amide bonds. The monoisotopic (exact) mass is 331 g/mol. The highest BCUT2D eigenvalue weighted by molar-refractivity contribution is 7.81. The first-order chi connectivity index (χ1) is 11.1. The molecule has 1 aromatic rings. The summed E-state index contributed by atoms with van der Waals surface area (Å²) in [5.41, 5.74) is 0.776. The maximum Gasteiger partial charge on any atom is 0.410 e. The summed E-state index contributed by atoms with van der Waals surface area (Å²) in [4.78, 5) is 25.9. The van der Waals surface area contributed by atoms with E-state index in [-0.39, 0.29) is 11.0 Å². The number of Topliss-reactive ketones (excluding diaryl/α,β-unsaturated/α-hetero) is 1. The van der Waals surface area contributed by atoms with E-state index in [0.29, 0.717) is 19.6 Å². The van der Waals surface area contributed by atoms with Gasteiger partial charge in [-0.1, -0.05) is 37.5 Å². The molecule has 1 aromatic carbocycles. The molecule has 1 heterocycles. The van der Waals surface area contributed by atoms with Crippen LogP contribution in [0.15, 0.2) is 30.3 Å². The van der Waals surface area contributed by atoms with Gasteiger partial charge in [0, 0.05) is 17.4 Å². The van der Waals surface area contributed by atoms with Crippen LogP contribution in [0.4, 0.5) is 4.79 Å². The molecule has 1 fully saturated rings. The second-order valence-electron chi connectivity index (χ2n) is 5.51. The minimum atomic E-state index is -0.567. The van der Waals surface area contributed by atoms with Crippen molar-refractivity contribution in [3.05, 3.63) is 35.9 Å². The molecule has 5 heteroatoms. The number of amides is 1.